The van der Waals surface area contributed by atoms with Gasteiger partial charge in [-0.25, -0.2) is 4.98 Å². The Kier molecular flexibility index (Phi) is 5.70. The smallest absolute Gasteiger partial charge is 0.260 e. The zero-order chi connectivity index (χ0) is 21.3. The first-order chi connectivity index (χ1) is 14.5. The van der Waals surface area contributed by atoms with Gasteiger partial charge in [0, 0.05) is 5.56 Å². The second-order valence-electron chi connectivity index (χ2n) is 7.73. The number of ether oxygens (including phenoxy) is 1. The topological polar surface area (TPSA) is 46.9 Å². The van der Waals surface area contributed by atoms with Gasteiger partial charge in [-0.05, 0) is 41.5 Å². The highest BCUT2D eigenvalue weighted by atomic mass is 32.1. The van der Waals surface area contributed by atoms with Gasteiger partial charge in [-0.2, -0.15) is 0 Å². The van der Waals surface area contributed by atoms with Crippen molar-refractivity contribution in [2.24, 2.45) is 0 Å². The fourth-order valence-corrected chi connectivity index (χ4v) is 4.55. The van der Waals surface area contributed by atoms with E-state index in [1.165, 1.54) is 4.90 Å². The van der Waals surface area contributed by atoms with Gasteiger partial charge >= 0.3 is 0 Å². The molecule has 0 saturated carbocycles. The summed E-state index contributed by atoms with van der Waals surface area (Å²) in [5, 5.41) is 2.89. The van der Waals surface area contributed by atoms with E-state index in [4.69, 9.17) is 9.72 Å². The highest BCUT2D eigenvalue weighted by Gasteiger charge is 2.23. The van der Waals surface area contributed by atoms with Crippen molar-refractivity contribution in [1.29, 1.82) is 0 Å². The number of anilines is 1. The lowest BCUT2D eigenvalue weighted by molar-refractivity contribution is -0.856. The standard InChI is InChI=1S/C24H25N3O2S/c1-16-9-12-20(29-4)21-22(16)30-24(25-21)27(14-13-26(2)3)23(28)19-11-10-17-7-5-6-8-18(17)15-19/h5-12,15H,13-14H2,1-4H3/p+1. The maximum Gasteiger partial charge on any atom is 0.260 e. The predicted octanol–water partition coefficient (Wildman–Crippen LogP) is 3.56. The number of likely N-dealkylation sites (N-methyl/N-ethyl adjacent to an activating group) is 1. The first-order valence-electron chi connectivity index (χ1n) is 10.0. The number of fused-ring (bicyclic) bond motifs is 2. The number of quaternary nitrogens is 1. The number of methoxy groups -OCH3 is 1. The molecule has 0 aliphatic rings. The number of nitrogens with zero attached hydrogens (tertiary/aromatic N) is 2. The SMILES string of the molecule is COc1ccc(C)c2sc(N(CC[NH+](C)C)C(=O)c3ccc4ccccc4c3)nc12. The van der Waals surface area contributed by atoms with Crippen LogP contribution in [-0.4, -0.2) is 45.2 Å². The third-order valence-corrected chi connectivity index (χ3v) is 6.43. The molecule has 0 aliphatic heterocycles. The summed E-state index contributed by atoms with van der Waals surface area (Å²) in [6.07, 6.45) is 0. The first-order valence-corrected chi connectivity index (χ1v) is 10.8. The summed E-state index contributed by atoms with van der Waals surface area (Å²) < 4.78 is 6.56. The lowest BCUT2D eigenvalue weighted by Crippen LogP contribution is -3.06. The summed E-state index contributed by atoms with van der Waals surface area (Å²) >= 11 is 1.54. The van der Waals surface area contributed by atoms with Gasteiger partial charge in [0.05, 0.1) is 39.0 Å². The van der Waals surface area contributed by atoms with E-state index in [-0.39, 0.29) is 5.91 Å². The Hall–Kier alpha value is -2.96. The minimum absolute atomic E-state index is 0.0299. The Balaban J connectivity index is 1.78. The van der Waals surface area contributed by atoms with Gasteiger partial charge in [0.15, 0.2) is 5.13 Å². The van der Waals surface area contributed by atoms with Crippen molar-refractivity contribution in [1.82, 2.24) is 4.98 Å². The zero-order valence-corrected chi connectivity index (χ0v) is 18.5. The van der Waals surface area contributed by atoms with Gasteiger partial charge in [0.2, 0.25) is 0 Å². The third kappa shape index (κ3) is 3.88. The molecule has 6 heteroatoms. The Morgan fingerprint density at radius 3 is 2.60 bits per heavy atom. The molecular weight excluding hydrogens is 394 g/mol. The molecule has 4 aromatic rings. The van der Waals surface area contributed by atoms with Crippen molar-refractivity contribution in [2.75, 3.05) is 39.2 Å². The molecule has 5 nitrogen and oxygen atoms in total. The average Bonchev–Trinajstić information content (AvgIpc) is 3.19. The van der Waals surface area contributed by atoms with Crippen LogP contribution in [0, 0.1) is 6.92 Å². The van der Waals surface area contributed by atoms with Crippen molar-refractivity contribution < 1.29 is 14.4 Å². The van der Waals surface area contributed by atoms with Crippen LogP contribution in [0.4, 0.5) is 5.13 Å². The van der Waals surface area contributed by atoms with Crippen molar-refractivity contribution in [3.05, 3.63) is 65.7 Å². The maximum atomic E-state index is 13.6. The van der Waals surface area contributed by atoms with Crippen molar-refractivity contribution in [3.8, 4) is 5.75 Å². The molecule has 154 valence electrons. The van der Waals surface area contributed by atoms with Crippen LogP contribution in [0.1, 0.15) is 15.9 Å². The van der Waals surface area contributed by atoms with E-state index >= 15 is 0 Å². The van der Waals surface area contributed by atoms with Gasteiger partial charge in [-0.3, -0.25) is 9.69 Å². The van der Waals surface area contributed by atoms with Gasteiger partial charge in [-0.15, -0.1) is 0 Å². The predicted molar refractivity (Wildman–Crippen MR) is 124 cm³/mol. The highest BCUT2D eigenvalue weighted by Crippen LogP contribution is 2.36. The minimum Gasteiger partial charge on any atom is -0.494 e. The lowest BCUT2D eigenvalue weighted by Gasteiger charge is -2.21. The molecular formula is C24H26N3O2S+. The van der Waals surface area contributed by atoms with Crippen LogP contribution in [0.2, 0.25) is 0 Å². The molecule has 0 atom stereocenters. The number of benzene rings is 3. The van der Waals surface area contributed by atoms with E-state index in [1.807, 2.05) is 48.5 Å². The number of aryl methyl sites for hydroxylation is 1. The summed E-state index contributed by atoms with van der Waals surface area (Å²) in [6.45, 7) is 3.48. The van der Waals surface area contributed by atoms with E-state index in [0.29, 0.717) is 17.2 Å². The molecule has 4 rings (SSSR count). The van der Waals surface area contributed by atoms with E-state index in [9.17, 15) is 4.79 Å². The van der Waals surface area contributed by atoms with Crippen molar-refractivity contribution in [2.45, 2.75) is 6.92 Å². The van der Waals surface area contributed by atoms with E-state index in [1.54, 1.807) is 23.3 Å². The van der Waals surface area contributed by atoms with Gasteiger partial charge < -0.3 is 9.64 Å². The second kappa shape index (κ2) is 8.42. The van der Waals surface area contributed by atoms with Crippen LogP contribution >= 0.6 is 11.3 Å². The number of rotatable bonds is 6. The van der Waals surface area contributed by atoms with Gasteiger partial charge in [0.25, 0.3) is 5.91 Å². The molecule has 30 heavy (non-hydrogen) atoms. The molecule has 0 aliphatic carbocycles. The molecule has 0 radical (unpaired) electrons. The summed E-state index contributed by atoms with van der Waals surface area (Å²) in [7, 11) is 5.82. The minimum atomic E-state index is -0.0299. The largest absolute Gasteiger partial charge is 0.494 e. The molecule has 0 bridgehead atoms. The number of hydrogen-bond acceptors (Lipinski definition) is 4. The van der Waals surface area contributed by atoms with Crippen molar-refractivity contribution in [3.63, 3.8) is 0 Å². The van der Waals surface area contributed by atoms with Crippen molar-refractivity contribution >= 4 is 43.4 Å². The Morgan fingerprint density at radius 2 is 1.87 bits per heavy atom. The quantitative estimate of drug-likeness (QED) is 0.519. The fourth-order valence-electron chi connectivity index (χ4n) is 3.48. The number of thiazole rings is 1. The lowest BCUT2D eigenvalue weighted by atomic mass is 10.1. The first kappa shape index (κ1) is 20.3. The fraction of sp³-hybridized carbons (Fsp3) is 0.250. The molecule has 0 spiro atoms. The number of aromatic nitrogens is 1. The number of hydrogen-bond donors (Lipinski definition) is 1. The van der Waals surface area contributed by atoms with E-state index in [0.717, 1.165) is 38.8 Å². The van der Waals surface area contributed by atoms with Crippen LogP contribution in [-0.2, 0) is 0 Å². The highest BCUT2D eigenvalue weighted by molar-refractivity contribution is 7.22. The Labute approximate surface area is 180 Å². The molecule has 1 heterocycles. The van der Waals surface area contributed by atoms with E-state index in [2.05, 4.69) is 27.1 Å². The molecule has 1 aromatic heterocycles. The van der Waals surface area contributed by atoms with E-state index < -0.39 is 0 Å². The molecule has 0 unspecified atom stereocenters. The second-order valence-corrected chi connectivity index (χ2v) is 8.71. The Bertz CT molecular complexity index is 1220. The number of amides is 1. The zero-order valence-electron chi connectivity index (χ0n) is 17.7. The average molecular weight is 421 g/mol. The molecule has 0 fully saturated rings. The third-order valence-electron chi connectivity index (χ3n) is 5.22. The van der Waals surface area contributed by atoms with Crippen LogP contribution in [0.5, 0.6) is 5.75 Å². The van der Waals surface area contributed by atoms with Crippen LogP contribution in [0.25, 0.3) is 21.0 Å². The van der Waals surface area contributed by atoms with Crippen LogP contribution in [0.3, 0.4) is 0 Å². The van der Waals surface area contributed by atoms with Gasteiger partial charge in [0.1, 0.15) is 11.3 Å². The number of carbonyl (C=O) groups is 1. The summed E-state index contributed by atoms with van der Waals surface area (Å²) in [5.74, 6) is 0.701. The molecule has 1 amide bonds. The molecule has 1 N–H and O–H groups in total. The molecule has 3 aromatic carbocycles. The number of carbonyl (C=O) groups excluding carboxylic acids is 1. The Morgan fingerprint density at radius 1 is 1.10 bits per heavy atom. The summed E-state index contributed by atoms with van der Waals surface area (Å²) in [6, 6.07) is 17.9. The molecule has 0 saturated heterocycles. The number of nitrogens with one attached hydrogen (secondary N) is 1. The monoisotopic (exact) mass is 420 g/mol. The summed E-state index contributed by atoms with van der Waals surface area (Å²) in [5.41, 5.74) is 2.61. The maximum absolute atomic E-state index is 13.6. The van der Waals surface area contributed by atoms with Crippen LogP contribution < -0.4 is 14.5 Å². The van der Waals surface area contributed by atoms with Crippen LogP contribution in [0.15, 0.2) is 54.6 Å². The summed E-state index contributed by atoms with van der Waals surface area (Å²) in [4.78, 5) is 21.5. The van der Waals surface area contributed by atoms with Gasteiger partial charge in [-0.1, -0.05) is 47.7 Å². The normalized spacial score (nSPS) is 11.4.